The van der Waals surface area contributed by atoms with Crippen molar-refractivity contribution in [3.8, 4) is 11.5 Å². The molecule has 3 aromatic rings. The van der Waals surface area contributed by atoms with E-state index in [0.29, 0.717) is 35.9 Å². The first-order chi connectivity index (χ1) is 16.2. The second-order valence-electron chi connectivity index (χ2n) is 7.68. The molecule has 0 aromatic heterocycles. The summed E-state index contributed by atoms with van der Waals surface area (Å²) in [5, 5.41) is 2.82. The van der Waals surface area contributed by atoms with E-state index in [1.165, 1.54) is 10.6 Å². The van der Waals surface area contributed by atoms with Crippen LogP contribution < -0.4 is 19.1 Å². The molecule has 0 bridgehead atoms. The first kappa shape index (κ1) is 25.8. The molecule has 0 heterocycles. The van der Waals surface area contributed by atoms with E-state index in [1.54, 1.807) is 37.4 Å². The molecule has 180 valence electrons. The van der Waals surface area contributed by atoms with Crippen molar-refractivity contribution in [2.45, 2.75) is 13.5 Å². The number of ether oxygens (including phenoxy) is 2. The van der Waals surface area contributed by atoms with Crippen LogP contribution in [0.4, 0.5) is 5.69 Å². The topological polar surface area (TPSA) is 84.9 Å². The van der Waals surface area contributed by atoms with Gasteiger partial charge < -0.3 is 14.8 Å². The molecule has 0 fully saturated rings. The lowest BCUT2D eigenvalue weighted by Gasteiger charge is -2.24. The zero-order chi connectivity index (χ0) is 24.7. The number of methoxy groups -OCH3 is 1. The molecular formula is C25H27IN2O5S. The molecule has 7 nitrogen and oxygen atoms in total. The van der Waals surface area contributed by atoms with Gasteiger partial charge in [-0.25, -0.2) is 8.42 Å². The number of hydrogen-bond donors (Lipinski definition) is 1. The van der Waals surface area contributed by atoms with Crippen LogP contribution in [0.5, 0.6) is 11.5 Å². The van der Waals surface area contributed by atoms with Crippen LogP contribution >= 0.6 is 22.6 Å². The largest absolute Gasteiger partial charge is 0.497 e. The third-order valence-electron chi connectivity index (χ3n) is 5.07. The lowest BCUT2D eigenvalue weighted by atomic mass is 10.1. The van der Waals surface area contributed by atoms with Crippen LogP contribution in [-0.2, 0) is 16.6 Å². The second-order valence-corrected chi connectivity index (χ2v) is 10.8. The number of carbonyl (C=O) groups is 1. The highest BCUT2D eigenvalue weighted by Crippen LogP contribution is 2.26. The van der Waals surface area contributed by atoms with Crippen molar-refractivity contribution in [2.75, 3.05) is 30.8 Å². The minimum absolute atomic E-state index is 0.177. The molecule has 0 saturated heterocycles. The van der Waals surface area contributed by atoms with E-state index in [0.717, 1.165) is 14.7 Å². The number of nitrogens with one attached hydrogen (secondary N) is 1. The number of hydrogen-bond acceptors (Lipinski definition) is 5. The zero-order valence-electron chi connectivity index (χ0n) is 19.2. The van der Waals surface area contributed by atoms with Gasteiger partial charge in [-0.05, 0) is 83.1 Å². The van der Waals surface area contributed by atoms with Crippen molar-refractivity contribution >= 4 is 44.2 Å². The lowest BCUT2D eigenvalue weighted by Crippen LogP contribution is -2.30. The van der Waals surface area contributed by atoms with Gasteiger partial charge in [0.15, 0.2) is 0 Å². The van der Waals surface area contributed by atoms with E-state index in [4.69, 9.17) is 9.47 Å². The van der Waals surface area contributed by atoms with Crippen LogP contribution in [0, 0.1) is 10.5 Å². The molecule has 1 amide bonds. The van der Waals surface area contributed by atoms with Crippen LogP contribution in [-0.4, -0.2) is 40.8 Å². The average Bonchev–Trinajstić information content (AvgIpc) is 2.80. The van der Waals surface area contributed by atoms with Crippen molar-refractivity contribution in [2.24, 2.45) is 0 Å². The molecule has 0 aliphatic rings. The summed E-state index contributed by atoms with van der Waals surface area (Å²) in [6.45, 7) is 2.72. The van der Waals surface area contributed by atoms with E-state index in [-0.39, 0.29) is 12.5 Å². The molecule has 0 radical (unpaired) electrons. The van der Waals surface area contributed by atoms with Crippen molar-refractivity contribution < 1.29 is 22.7 Å². The molecule has 3 rings (SSSR count). The molecule has 0 aliphatic carbocycles. The van der Waals surface area contributed by atoms with Gasteiger partial charge in [0.25, 0.3) is 5.91 Å². The van der Waals surface area contributed by atoms with Crippen LogP contribution in [0.2, 0.25) is 0 Å². The number of nitrogens with zero attached hydrogens (tertiary/aromatic N) is 1. The first-order valence-corrected chi connectivity index (χ1v) is 13.5. The normalized spacial score (nSPS) is 11.1. The Balaban J connectivity index is 1.59. The minimum atomic E-state index is -3.49. The Kier molecular flexibility index (Phi) is 8.78. The Morgan fingerprint density at radius 2 is 1.74 bits per heavy atom. The minimum Gasteiger partial charge on any atom is -0.497 e. The zero-order valence-corrected chi connectivity index (χ0v) is 22.2. The highest BCUT2D eigenvalue weighted by atomic mass is 127. The van der Waals surface area contributed by atoms with E-state index >= 15 is 0 Å². The Morgan fingerprint density at radius 3 is 2.38 bits per heavy atom. The molecule has 0 spiro atoms. The molecular weight excluding hydrogens is 567 g/mol. The number of aryl methyl sites for hydroxylation is 1. The fraction of sp³-hybridized carbons (Fsp3) is 0.240. The average molecular weight is 594 g/mol. The molecule has 0 saturated carbocycles. The molecule has 0 aliphatic heterocycles. The number of rotatable bonds is 10. The Bertz CT molecular complexity index is 1250. The maximum absolute atomic E-state index is 12.5. The van der Waals surface area contributed by atoms with Gasteiger partial charge >= 0.3 is 0 Å². The van der Waals surface area contributed by atoms with Crippen molar-refractivity contribution in [3.05, 3.63) is 87.0 Å². The number of carbonyl (C=O) groups excluding carboxylic acids is 1. The Hall–Kier alpha value is -2.79. The maximum Gasteiger partial charge on any atom is 0.251 e. The van der Waals surface area contributed by atoms with E-state index in [2.05, 4.69) is 27.9 Å². The number of sulfonamides is 1. The van der Waals surface area contributed by atoms with Crippen LogP contribution in [0.1, 0.15) is 21.5 Å². The summed E-state index contributed by atoms with van der Waals surface area (Å²) in [5.74, 6) is 1.14. The van der Waals surface area contributed by atoms with Gasteiger partial charge in [0.2, 0.25) is 10.0 Å². The summed E-state index contributed by atoms with van der Waals surface area (Å²) in [6, 6.07) is 19.8. The van der Waals surface area contributed by atoms with Gasteiger partial charge in [-0.3, -0.25) is 9.10 Å². The summed E-state index contributed by atoms with van der Waals surface area (Å²) in [4.78, 5) is 12.5. The van der Waals surface area contributed by atoms with Gasteiger partial charge in [0.05, 0.1) is 32.1 Å². The van der Waals surface area contributed by atoms with Crippen molar-refractivity contribution in [1.82, 2.24) is 5.32 Å². The number of amides is 1. The highest BCUT2D eigenvalue weighted by Gasteiger charge is 2.20. The molecule has 1 N–H and O–H groups in total. The van der Waals surface area contributed by atoms with Crippen LogP contribution in [0.15, 0.2) is 66.7 Å². The highest BCUT2D eigenvalue weighted by molar-refractivity contribution is 14.1. The predicted molar refractivity (Wildman–Crippen MR) is 142 cm³/mol. The van der Waals surface area contributed by atoms with Gasteiger partial charge in [-0.15, -0.1) is 0 Å². The first-order valence-electron chi connectivity index (χ1n) is 10.6. The standard InChI is InChI=1S/C25H27IN2O5S/c1-18-15-21(26)11-12-24(18)28(34(3,30)31)17-19-7-9-20(10-8-19)25(29)27-13-14-33-23-6-4-5-22(16-23)32-2/h4-12,15-16H,13-14,17H2,1-3H3,(H,27,29). The molecule has 0 atom stereocenters. The van der Waals surface area contributed by atoms with Crippen LogP contribution in [0.25, 0.3) is 0 Å². The maximum atomic E-state index is 12.5. The number of halogens is 1. The fourth-order valence-electron chi connectivity index (χ4n) is 3.33. The van der Waals surface area contributed by atoms with E-state index in [1.807, 2.05) is 43.3 Å². The monoisotopic (exact) mass is 594 g/mol. The Labute approximate surface area is 214 Å². The molecule has 0 unspecified atom stereocenters. The van der Waals surface area contributed by atoms with Crippen molar-refractivity contribution in [1.29, 1.82) is 0 Å². The Morgan fingerprint density at radius 1 is 1.03 bits per heavy atom. The smallest absolute Gasteiger partial charge is 0.251 e. The quantitative estimate of drug-likeness (QED) is 0.278. The number of benzene rings is 3. The SMILES string of the molecule is COc1cccc(OCCNC(=O)c2ccc(CN(c3ccc(I)cc3C)S(C)(=O)=O)cc2)c1. The van der Waals surface area contributed by atoms with Crippen molar-refractivity contribution in [3.63, 3.8) is 0 Å². The third-order valence-corrected chi connectivity index (χ3v) is 6.87. The summed E-state index contributed by atoms with van der Waals surface area (Å²) >= 11 is 2.20. The molecule has 9 heteroatoms. The third kappa shape index (κ3) is 7.10. The fourth-order valence-corrected chi connectivity index (χ4v) is 4.93. The summed E-state index contributed by atoms with van der Waals surface area (Å²) < 4.78 is 38.2. The second kappa shape index (κ2) is 11.6. The van der Waals surface area contributed by atoms with Crippen LogP contribution in [0.3, 0.4) is 0 Å². The van der Waals surface area contributed by atoms with E-state index in [9.17, 15) is 13.2 Å². The van der Waals surface area contributed by atoms with Gasteiger partial charge in [-0.2, -0.15) is 0 Å². The molecule has 3 aromatic carbocycles. The summed E-state index contributed by atoms with van der Waals surface area (Å²) in [5.41, 5.74) is 2.79. The summed E-state index contributed by atoms with van der Waals surface area (Å²) in [6.07, 6.45) is 1.19. The van der Waals surface area contributed by atoms with E-state index < -0.39 is 10.0 Å². The van der Waals surface area contributed by atoms with Gasteiger partial charge in [0.1, 0.15) is 18.1 Å². The lowest BCUT2D eigenvalue weighted by molar-refractivity contribution is 0.0947. The van der Waals surface area contributed by atoms with Gasteiger partial charge in [-0.1, -0.05) is 18.2 Å². The number of anilines is 1. The van der Waals surface area contributed by atoms with Gasteiger partial charge in [0, 0.05) is 15.2 Å². The molecule has 34 heavy (non-hydrogen) atoms. The summed E-state index contributed by atoms with van der Waals surface area (Å²) in [7, 11) is -1.90. The predicted octanol–water partition coefficient (Wildman–Crippen LogP) is 4.38.